The molecule has 0 radical (unpaired) electrons. The standard InChI is InChI=1S/C15H20N4O/c1-10-6-12(19-8-16-17-9-19)7-11(2)13(10)18-14(20)15(3,4)5/h6-9H,1-5H3,(H,18,20). The molecule has 2 rings (SSSR count). The molecule has 20 heavy (non-hydrogen) atoms. The first-order valence-electron chi connectivity index (χ1n) is 6.57. The number of carbonyl (C=O) groups excluding carboxylic acids is 1. The van der Waals surface area contributed by atoms with Crippen molar-refractivity contribution in [1.82, 2.24) is 14.8 Å². The van der Waals surface area contributed by atoms with E-state index in [2.05, 4.69) is 15.5 Å². The van der Waals surface area contributed by atoms with E-state index >= 15 is 0 Å². The second kappa shape index (κ2) is 5.07. The molecule has 0 aliphatic rings. The normalized spacial score (nSPS) is 11.4. The second-order valence-electron chi connectivity index (χ2n) is 6.03. The third-order valence-corrected chi connectivity index (χ3v) is 3.15. The van der Waals surface area contributed by atoms with Crippen molar-refractivity contribution < 1.29 is 4.79 Å². The van der Waals surface area contributed by atoms with Gasteiger partial charge in [0.25, 0.3) is 0 Å². The van der Waals surface area contributed by atoms with E-state index in [0.717, 1.165) is 22.5 Å². The molecule has 5 heteroatoms. The highest BCUT2D eigenvalue weighted by atomic mass is 16.2. The summed E-state index contributed by atoms with van der Waals surface area (Å²) < 4.78 is 1.84. The van der Waals surface area contributed by atoms with Crippen LogP contribution in [0.1, 0.15) is 31.9 Å². The smallest absolute Gasteiger partial charge is 0.229 e. The summed E-state index contributed by atoms with van der Waals surface area (Å²) in [6, 6.07) is 4.02. The Labute approximate surface area is 119 Å². The summed E-state index contributed by atoms with van der Waals surface area (Å²) in [6.45, 7) is 9.67. The fourth-order valence-electron chi connectivity index (χ4n) is 1.92. The molecule has 0 saturated heterocycles. The molecule has 0 fully saturated rings. The lowest BCUT2D eigenvalue weighted by Gasteiger charge is -2.20. The Balaban J connectivity index is 2.35. The monoisotopic (exact) mass is 272 g/mol. The highest BCUT2D eigenvalue weighted by molar-refractivity contribution is 5.96. The van der Waals surface area contributed by atoms with Gasteiger partial charge in [0.2, 0.25) is 5.91 Å². The van der Waals surface area contributed by atoms with Crippen molar-refractivity contribution in [2.75, 3.05) is 5.32 Å². The summed E-state index contributed by atoms with van der Waals surface area (Å²) >= 11 is 0. The Morgan fingerprint density at radius 1 is 1.10 bits per heavy atom. The van der Waals surface area contributed by atoms with Crippen LogP contribution in [-0.4, -0.2) is 20.7 Å². The van der Waals surface area contributed by atoms with E-state index in [1.807, 2.05) is 51.3 Å². The number of carbonyl (C=O) groups is 1. The van der Waals surface area contributed by atoms with Gasteiger partial charge in [0.1, 0.15) is 12.7 Å². The van der Waals surface area contributed by atoms with Crippen LogP contribution in [0.3, 0.4) is 0 Å². The fraction of sp³-hybridized carbons (Fsp3) is 0.400. The molecule has 0 spiro atoms. The maximum Gasteiger partial charge on any atom is 0.229 e. The number of rotatable bonds is 2. The molecule has 1 N–H and O–H groups in total. The van der Waals surface area contributed by atoms with Crippen LogP contribution in [0.2, 0.25) is 0 Å². The van der Waals surface area contributed by atoms with Gasteiger partial charge >= 0.3 is 0 Å². The molecule has 0 unspecified atom stereocenters. The number of benzene rings is 1. The predicted molar refractivity (Wildman–Crippen MR) is 78.9 cm³/mol. The summed E-state index contributed by atoms with van der Waals surface area (Å²) in [5, 5.41) is 10.6. The van der Waals surface area contributed by atoms with E-state index in [0.29, 0.717) is 0 Å². The molecule has 0 aliphatic carbocycles. The van der Waals surface area contributed by atoms with Crippen LogP contribution >= 0.6 is 0 Å². The quantitative estimate of drug-likeness (QED) is 0.914. The van der Waals surface area contributed by atoms with E-state index in [-0.39, 0.29) is 5.91 Å². The van der Waals surface area contributed by atoms with Crippen LogP contribution in [0.4, 0.5) is 5.69 Å². The number of hydrogen-bond acceptors (Lipinski definition) is 3. The Hall–Kier alpha value is -2.17. The Kier molecular flexibility index (Phi) is 3.61. The first-order chi connectivity index (χ1) is 9.29. The minimum Gasteiger partial charge on any atom is -0.325 e. The average molecular weight is 272 g/mol. The van der Waals surface area contributed by atoms with Crippen molar-refractivity contribution in [3.63, 3.8) is 0 Å². The molecular weight excluding hydrogens is 252 g/mol. The summed E-state index contributed by atoms with van der Waals surface area (Å²) in [5.74, 6) is 0.0146. The molecular formula is C15H20N4O. The van der Waals surface area contributed by atoms with Crippen LogP contribution < -0.4 is 5.32 Å². The molecule has 1 amide bonds. The highest BCUT2D eigenvalue weighted by Gasteiger charge is 2.22. The number of nitrogens with zero attached hydrogens (tertiary/aromatic N) is 3. The summed E-state index contributed by atoms with van der Waals surface area (Å²) in [5.41, 5.74) is 3.49. The van der Waals surface area contributed by atoms with Gasteiger partial charge in [-0.1, -0.05) is 20.8 Å². The van der Waals surface area contributed by atoms with Gasteiger partial charge in [-0.15, -0.1) is 10.2 Å². The van der Waals surface area contributed by atoms with E-state index < -0.39 is 5.41 Å². The number of nitrogens with one attached hydrogen (secondary N) is 1. The zero-order valence-corrected chi connectivity index (χ0v) is 12.6. The Bertz CT molecular complexity index is 601. The fourth-order valence-corrected chi connectivity index (χ4v) is 1.92. The first kappa shape index (κ1) is 14.2. The number of aromatic nitrogens is 3. The van der Waals surface area contributed by atoms with Crippen molar-refractivity contribution in [3.05, 3.63) is 35.9 Å². The maximum absolute atomic E-state index is 12.1. The second-order valence-corrected chi connectivity index (χ2v) is 6.03. The summed E-state index contributed by atoms with van der Waals surface area (Å²) in [4.78, 5) is 12.1. The molecule has 0 bridgehead atoms. The SMILES string of the molecule is Cc1cc(-n2cnnc2)cc(C)c1NC(=O)C(C)(C)C. The number of aryl methyl sites for hydroxylation is 2. The molecule has 0 aliphatic heterocycles. The van der Waals surface area contributed by atoms with Gasteiger partial charge in [-0.2, -0.15) is 0 Å². The average Bonchev–Trinajstić information content (AvgIpc) is 2.85. The van der Waals surface area contributed by atoms with Gasteiger partial charge in [-0.3, -0.25) is 9.36 Å². The lowest BCUT2D eigenvalue weighted by molar-refractivity contribution is -0.123. The van der Waals surface area contributed by atoms with Crippen LogP contribution in [0.15, 0.2) is 24.8 Å². The van der Waals surface area contributed by atoms with Gasteiger partial charge in [-0.05, 0) is 37.1 Å². The molecule has 106 valence electrons. The molecule has 1 aromatic heterocycles. The molecule has 1 aromatic carbocycles. The zero-order chi connectivity index (χ0) is 14.9. The van der Waals surface area contributed by atoms with Crippen LogP contribution in [0.5, 0.6) is 0 Å². The third-order valence-electron chi connectivity index (χ3n) is 3.15. The van der Waals surface area contributed by atoms with Gasteiger partial charge in [0.15, 0.2) is 0 Å². The van der Waals surface area contributed by atoms with E-state index in [9.17, 15) is 4.79 Å². The molecule has 0 atom stereocenters. The van der Waals surface area contributed by atoms with E-state index in [1.165, 1.54) is 0 Å². The zero-order valence-electron chi connectivity index (χ0n) is 12.6. The van der Waals surface area contributed by atoms with Gasteiger partial charge in [0, 0.05) is 16.8 Å². The van der Waals surface area contributed by atoms with Crippen molar-refractivity contribution in [1.29, 1.82) is 0 Å². The first-order valence-corrected chi connectivity index (χ1v) is 6.57. The van der Waals surface area contributed by atoms with Crippen LogP contribution in [0, 0.1) is 19.3 Å². The van der Waals surface area contributed by atoms with Gasteiger partial charge in [-0.25, -0.2) is 0 Å². The third kappa shape index (κ3) is 2.87. The van der Waals surface area contributed by atoms with E-state index in [1.54, 1.807) is 12.7 Å². The van der Waals surface area contributed by atoms with Crippen molar-refractivity contribution in [3.8, 4) is 5.69 Å². The Morgan fingerprint density at radius 3 is 2.05 bits per heavy atom. The maximum atomic E-state index is 12.1. The van der Waals surface area contributed by atoms with Crippen LogP contribution in [-0.2, 0) is 4.79 Å². The molecule has 5 nitrogen and oxygen atoms in total. The number of amides is 1. The predicted octanol–water partition coefficient (Wildman–Crippen LogP) is 2.87. The summed E-state index contributed by atoms with van der Waals surface area (Å²) in [6.07, 6.45) is 3.31. The minimum absolute atomic E-state index is 0.0146. The molecule has 1 heterocycles. The van der Waals surface area contributed by atoms with Gasteiger partial charge < -0.3 is 5.32 Å². The topological polar surface area (TPSA) is 59.8 Å². The summed E-state index contributed by atoms with van der Waals surface area (Å²) in [7, 11) is 0. The molecule has 2 aromatic rings. The van der Waals surface area contributed by atoms with E-state index in [4.69, 9.17) is 0 Å². The minimum atomic E-state index is -0.411. The lowest BCUT2D eigenvalue weighted by atomic mass is 9.95. The van der Waals surface area contributed by atoms with Crippen molar-refractivity contribution in [2.24, 2.45) is 5.41 Å². The largest absolute Gasteiger partial charge is 0.325 e. The number of hydrogen-bond donors (Lipinski definition) is 1. The lowest BCUT2D eigenvalue weighted by Crippen LogP contribution is -2.28. The van der Waals surface area contributed by atoms with Crippen LogP contribution in [0.25, 0.3) is 5.69 Å². The van der Waals surface area contributed by atoms with Crippen molar-refractivity contribution in [2.45, 2.75) is 34.6 Å². The highest BCUT2D eigenvalue weighted by Crippen LogP contribution is 2.26. The Morgan fingerprint density at radius 2 is 1.60 bits per heavy atom. The number of anilines is 1. The van der Waals surface area contributed by atoms with Gasteiger partial charge in [0.05, 0.1) is 0 Å². The molecule has 0 saturated carbocycles. The van der Waals surface area contributed by atoms with Crippen molar-refractivity contribution >= 4 is 11.6 Å².